The Morgan fingerprint density at radius 1 is 1.17 bits per heavy atom. The molecule has 1 aromatic carbocycles. The Hall–Kier alpha value is -3.54. The average Bonchev–Trinajstić information content (AvgIpc) is 3.47. The van der Waals surface area contributed by atoms with Gasteiger partial charge in [-0.3, -0.25) is 0 Å². The van der Waals surface area contributed by atoms with Crippen LogP contribution in [0.25, 0.3) is 16.8 Å². The molecule has 3 aromatic heterocycles. The first-order valence-electron chi connectivity index (χ1n) is 11.3. The van der Waals surface area contributed by atoms with Crippen molar-refractivity contribution in [1.29, 1.82) is 0 Å². The van der Waals surface area contributed by atoms with Crippen LogP contribution in [0.2, 0.25) is 0 Å². The summed E-state index contributed by atoms with van der Waals surface area (Å²) >= 11 is 0. The Kier molecular flexibility index (Phi) is 5.91. The van der Waals surface area contributed by atoms with Gasteiger partial charge in [-0.25, -0.2) is 17.8 Å². The van der Waals surface area contributed by atoms with Crippen molar-refractivity contribution >= 4 is 21.5 Å². The molecular weight excluding hydrogens is 475 g/mol. The molecule has 0 unspecified atom stereocenters. The Labute approximate surface area is 201 Å². The maximum absolute atomic E-state index is 14.8. The van der Waals surface area contributed by atoms with Gasteiger partial charge >= 0.3 is 6.01 Å². The third-order valence-corrected chi connectivity index (χ3v) is 7.08. The summed E-state index contributed by atoms with van der Waals surface area (Å²) < 4.78 is 51.4. The predicted octanol–water partition coefficient (Wildman–Crippen LogP) is 3.49. The lowest BCUT2D eigenvalue weighted by Crippen LogP contribution is -2.38. The Morgan fingerprint density at radius 2 is 1.94 bits per heavy atom. The van der Waals surface area contributed by atoms with Crippen molar-refractivity contribution in [2.75, 3.05) is 24.2 Å². The number of hydrogen-bond acceptors (Lipinski definition) is 9. The quantitative estimate of drug-likeness (QED) is 0.392. The van der Waals surface area contributed by atoms with Crippen molar-refractivity contribution in [1.82, 2.24) is 24.7 Å². The second-order valence-corrected chi connectivity index (χ2v) is 10.9. The van der Waals surface area contributed by atoms with Crippen molar-refractivity contribution in [3.05, 3.63) is 48.3 Å². The summed E-state index contributed by atoms with van der Waals surface area (Å²) in [5.41, 5.74) is 1.07. The zero-order valence-electron chi connectivity index (χ0n) is 19.5. The number of hydrogen-bond donors (Lipinski definition) is 0. The van der Waals surface area contributed by atoms with Crippen LogP contribution in [0.5, 0.6) is 5.88 Å². The SMILES string of the molecule is CC(C)c1noc(N2CCC(Oc3ccnc4c(-c5ccc(S(C)(=O)=O)cc5F)cnn34)CC2)n1. The van der Waals surface area contributed by atoms with Gasteiger partial charge in [-0.1, -0.05) is 19.0 Å². The average molecular weight is 501 g/mol. The van der Waals surface area contributed by atoms with Crippen LogP contribution < -0.4 is 9.64 Å². The fourth-order valence-electron chi connectivity index (χ4n) is 4.02. The predicted molar refractivity (Wildman–Crippen MR) is 126 cm³/mol. The van der Waals surface area contributed by atoms with Gasteiger partial charge in [0.1, 0.15) is 11.9 Å². The van der Waals surface area contributed by atoms with Gasteiger partial charge in [-0.2, -0.15) is 14.6 Å². The number of ether oxygens (including phenoxy) is 1. The molecule has 184 valence electrons. The molecule has 1 aliphatic heterocycles. The van der Waals surface area contributed by atoms with E-state index in [0.29, 0.717) is 42.0 Å². The fraction of sp³-hybridized carbons (Fsp3) is 0.391. The van der Waals surface area contributed by atoms with E-state index in [1.165, 1.54) is 22.8 Å². The number of fused-ring (bicyclic) bond motifs is 1. The van der Waals surface area contributed by atoms with Crippen molar-refractivity contribution in [2.24, 2.45) is 0 Å². The summed E-state index contributed by atoms with van der Waals surface area (Å²) in [5, 5.41) is 8.38. The molecule has 0 saturated carbocycles. The van der Waals surface area contributed by atoms with Crippen LogP contribution in [0, 0.1) is 5.82 Å². The van der Waals surface area contributed by atoms with Crippen LogP contribution in [0.3, 0.4) is 0 Å². The first-order chi connectivity index (χ1) is 16.7. The number of piperidine rings is 1. The Bertz CT molecular complexity index is 1470. The van der Waals surface area contributed by atoms with Gasteiger partial charge in [0.25, 0.3) is 0 Å². The van der Waals surface area contributed by atoms with E-state index in [0.717, 1.165) is 25.2 Å². The number of aromatic nitrogens is 5. The van der Waals surface area contributed by atoms with Crippen molar-refractivity contribution in [3.63, 3.8) is 0 Å². The first kappa shape index (κ1) is 23.2. The summed E-state index contributed by atoms with van der Waals surface area (Å²) in [4.78, 5) is 10.8. The van der Waals surface area contributed by atoms with E-state index in [1.54, 1.807) is 12.3 Å². The molecule has 0 atom stereocenters. The highest BCUT2D eigenvalue weighted by Crippen LogP contribution is 2.30. The highest BCUT2D eigenvalue weighted by atomic mass is 32.2. The van der Waals surface area contributed by atoms with E-state index in [2.05, 4.69) is 25.1 Å². The third-order valence-electron chi connectivity index (χ3n) is 5.97. The normalized spacial score (nSPS) is 15.3. The minimum atomic E-state index is -3.51. The minimum absolute atomic E-state index is 0.0530. The van der Waals surface area contributed by atoms with Crippen molar-refractivity contribution in [3.8, 4) is 17.0 Å². The van der Waals surface area contributed by atoms with Crippen LogP contribution in [-0.4, -0.2) is 58.6 Å². The zero-order valence-corrected chi connectivity index (χ0v) is 20.4. The number of benzene rings is 1. The topological polar surface area (TPSA) is 116 Å². The van der Waals surface area contributed by atoms with Crippen LogP contribution in [0.15, 0.2) is 46.1 Å². The molecule has 5 rings (SSSR count). The number of sulfone groups is 1. The molecular formula is C23H25FN6O4S. The summed E-state index contributed by atoms with van der Waals surface area (Å²) in [6.45, 7) is 5.45. The van der Waals surface area contributed by atoms with Gasteiger partial charge in [0, 0.05) is 61.5 Å². The van der Waals surface area contributed by atoms with Gasteiger partial charge in [0.2, 0.25) is 5.88 Å². The zero-order chi connectivity index (χ0) is 24.7. The smallest absolute Gasteiger partial charge is 0.324 e. The molecule has 10 nitrogen and oxygen atoms in total. The molecule has 0 aliphatic carbocycles. The molecule has 4 aromatic rings. The lowest BCUT2D eigenvalue weighted by atomic mass is 10.1. The highest BCUT2D eigenvalue weighted by molar-refractivity contribution is 7.90. The Morgan fingerprint density at radius 3 is 2.60 bits per heavy atom. The molecule has 0 N–H and O–H groups in total. The summed E-state index contributed by atoms with van der Waals surface area (Å²) in [6, 6.07) is 6.05. The number of anilines is 1. The van der Waals surface area contributed by atoms with Gasteiger partial charge in [0.15, 0.2) is 21.3 Å². The number of nitrogens with zero attached hydrogens (tertiary/aromatic N) is 6. The van der Waals surface area contributed by atoms with Gasteiger partial charge in [0.05, 0.1) is 11.1 Å². The van der Waals surface area contributed by atoms with Gasteiger partial charge in [-0.15, -0.1) is 0 Å². The molecule has 1 saturated heterocycles. The molecule has 1 aliphatic rings. The second kappa shape index (κ2) is 8.91. The van der Waals surface area contributed by atoms with E-state index >= 15 is 0 Å². The number of halogens is 1. The summed E-state index contributed by atoms with van der Waals surface area (Å²) in [5.74, 6) is 0.722. The minimum Gasteiger partial charge on any atom is -0.474 e. The van der Waals surface area contributed by atoms with Crippen molar-refractivity contribution in [2.45, 2.75) is 43.6 Å². The van der Waals surface area contributed by atoms with Crippen LogP contribution >= 0.6 is 0 Å². The first-order valence-corrected chi connectivity index (χ1v) is 13.2. The van der Waals surface area contributed by atoms with Crippen LogP contribution in [0.1, 0.15) is 38.4 Å². The molecule has 35 heavy (non-hydrogen) atoms. The second-order valence-electron chi connectivity index (χ2n) is 8.88. The molecule has 1 fully saturated rings. The molecule has 0 bridgehead atoms. The van der Waals surface area contributed by atoms with E-state index in [9.17, 15) is 12.8 Å². The summed E-state index contributed by atoms with van der Waals surface area (Å²) in [7, 11) is -3.51. The van der Waals surface area contributed by atoms with E-state index in [-0.39, 0.29) is 22.5 Å². The molecule has 0 spiro atoms. The lowest BCUT2D eigenvalue weighted by molar-refractivity contribution is 0.158. The Balaban J connectivity index is 1.33. The van der Waals surface area contributed by atoms with E-state index in [1.807, 2.05) is 13.8 Å². The largest absolute Gasteiger partial charge is 0.474 e. The number of rotatable bonds is 6. The van der Waals surface area contributed by atoms with Crippen LogP contribution in [-0.2, 0) is 9.84 Å². The fourth-order valence-corrected chi connectivity index (χ4v) is 4.65. The van der Waals surface area contributed by atoms with E-state index < -0.39 is 15.7 Å². The van der Waals surface area contributed by atoms with Gasteiger partial charge in [-0.05, 0) is 18.2 Å². The monoisotopic (exact) mass is 500 g/mol. The van der Waals surface area contributed by atoms with E-state index in [4.69, 9.17) is 9.26 Å². The molecule has 4 heterocycles. The standard InChI is InChI=1S/C23H25FN6O4S/c1-14(2)21-27-23(34-28-21)29-10-7-15(8-11-29)33-20-6-9-25-22-18(13-26-30(20)22)17-5-4-16(12-19(17)24)35(3,31)32/h4-6,9,12-15H,7-8,10-11H2,1-3H3. The molecule has 0 radical (unpaired) electrons. The van der Waals surface area contributed by atoms with Crippen LogP contribution in [0.4, 0.5) is 10.4 Å². The molecule has 12 heteroatoms. The highest BCUT2D eigenvalue weighted by Gasteiger charge is 2.26. The van der Waals surface area contributed by atoms with Crippen molar-refractivity contribution < 1.29 is 22.1 Å². The lowest BCUT2D eigenvalue weighted by Gasteiger charge is -2.30. The molecule has 0 amide bonds. The maximum atomic E-state index is 14.8. The summed E-state index contributed by atoms with van der Waals surface area (Å²) in [6.07, 6.45) is 5.57. The third kappa shape index (κ3) is 4.57. The maximum Gasteiger partial charge on any atom is 0.324 e. The van der Waals surface area contributed by atoms with Gasteiger partial charge < -0.3 is 14.2 Å².